The minimum atomic E-state index is -0.132. The van der Waals surface area contributed by atoms with Crippen LogP contribution in [0.4, 0.5) is 0 Å². The molecule has 2 saturated heterocycles. The highest BCUT2D eigenvalue weighted by molar-refractivity contribution is 5.82. The van der Waals surface area contributed by atoms with Gasteiger partial charge in [-0.05, 0) is 37.8 Å². The summed E-state index contributed by atoms with van der Waals surface area (Å²) < 4.78 is 5.64. The highest BCUT2D eigenvalue weighted by atomic mass is 16.5. The Morgan fingerprint density at radius 2 is 1.69 bits per heavy atom. The van der Waals surface area contributed by atoms with E-state index in [0.29, 0.717) is 51.8 Å². The molecule has 1 aromatic carbocycles. The van der Waals surface area contributed by atoms with Crippen molar-refractivity contribution in [2.24, 2.45) is 5.92 Å². The number of likely N-dealkylation sites (tertiary alicyclic amines) is 1. The number of carbonyl (C=O) groups excluding carboxylic acids is 3. The summed E-state index contributed by atoms with van der Waals surface area (Å²) in [6.45, 7) is 4.68. The molecule has 3 fully saturated rings. The van der Waals surface area contributed by atoms with E-state index in [9.17, 15) is 14.4 Å². The zero-order valence-electron chi connectivity index (χ0n) is 18.7. The van der Waals surface area contributed by atoms with Gasteiger partial charge in [-0.25, -0.2) is 0 Å². The van der Waals surface area contributed by atoms with Crippen molar-refractivity contribution in [1.82, 2.24) is 20.0 Å². The molecule has 1 atom stereocenters. The van der Waals surface area contributed by atoms with Crippen molar-refractivity contribution >= 4 is 17.7 Å². The number of carbonyl (C=O) groups is 3. The summed E-state index contributed by atoms with van der Waals surface area (Å²) in [5, 5.41) is 3.02. The summed E-state index contributed by atoms with van der Waals surface area (Å²) in [7, 11) is 0. The van der Waals surface area contributed by atoms with E-state index in [4.69, 9.17) is 4.74 Å². The molecule has 3 aliphatic rings. The minimum Gasteiger partial charge on any atom is -0.493 e. The van der Waals surface area contributed by atoms with Gasteiger partial charge in [-0.2, -0.15) is 0 Å². The van der Waals surface area contributed by atoms with Crippen LogP contribution in [-0.2, 0) is 14.4 Å². The van der Waals surface area contributed by atoms with E-state index >= 15 is 0 Å². The second kappa shape index (κ2) is 10.8. The van der Waals surface area contributed by atoms with E-state index in [2.05, 4.69) is 10.2 Å². The summed E-state index contributed by atoms with van der Waals surface area (Å²) in [6, 6.07) is 9.86. The molecular weight excluding hydrogens is 408 g/mol. The molecule has 1 aromatic rings. The Morgan fingerprint density at radius 3 is 2.41 bits per heavy atom. The maximum Gasteiger partial charge on any atom is 0.234 e. The maximum absolute atomic E-state index is 13.1. The van der Waals surface area contributed by atoms with Crippen molar-refractivity contribution in [1.29, 1.82) is 0 Å². The fourth-order valence-electron chi connectivity index (χ4n) is 4.42. The summed E-state index contributed by atoms with van der Waals surface area (Å²) in [5.41, 5.74) is 0. The van der Waals surface area contributed by atoms with Crippen molar-refractivity contribution in [2.75, 3.05) is 52.4 Å². The molecule has 3 amide bonds. The topological polar surface area (TPSA) is 82.2 Å². The average molecular weight is 443 g/mol. The molecule has 8 heteroatoms. The van der Waals surface area contributed by atoms with E-state index in [0.717, 1.165) is 44.5 Å². The van der Waals surface area contributed by atoms with Gasteiger partial charge in [0.25, 0.3) is 0 Å². The highest BCUT2D eigenvalue weighted by Crippen LogP contribution is 2.21. The van der Waals surface area contributed by atoms with E-state index < -0.39 is 0 Å². The number of piperazine rings is 1. The molecule has 32 heavy (non-hydrogen) atoms. The lowest BCUT2D eigenvalue weighted by atomic mass is 9.96. The molecule has 0 spiro atoms. The van der Waals surface area contributed by atoms with Gasteiger partial charge < -0.3 is 19.9 Å². The molecule has 8 nitrogen and oxygen atoms in total. The largest absolute Gasteiger partial charge is 0.493 e. The van der Waals surface area contributed by atoms with Gasteiger partial charge in [0.15, 0.2) is 0 Å². The summed E-state index contributed by atoms with van der Waals surface area (Å²) in [5.74, 6) is 0.906. The Bertz CT molecular complexity index is 790. The standard InChI is InChI=1S/C24H34N4O4/c29-22(25-20-8-9-20)18-26-12-14-27(15-13-26)24(31)19-5-4-11-28(17-19)23(30)10-16-32-21-6-2-1-3-7-21/h1-3,6-7,19-20H,4-5,8-18H2,(H,25,29). The number of benzene rings is 1. The summed E-state index contributed by atoms with van der Waals surface area (Å²) in [6.07, 6.45) is 4.18. The third-order valence-corrected chi connectivity index (χ3v) is 6.44. The first-order valence-electron chi connectivity index (χ1n) is 11.8. The number of amides is 3. The van der Waals surface area contributed by atoms with E-state index in [1.54, 1.807) is 0 Å². The maximum atomic E-state index is 13.1. The van der Waals surface area contributed by atoms with Crippen LogP contribution in [0, 0.1) is 5.92 Å². The molecule has 174 valence electrons. The molecule has 0 aromatic heterocycles. The number of piperidine rings is 1. The Hall–Kier alpha value is -2.61. The van der Waals surface area contributed by atoms with Crippen molar-refractivity contribution < 1.29 is 19.1 Å². The van der Waals surface area contributed by atoms with Gasteiger partial charge in [0, 0.05) is 45.3 Å². The Balaban J connectivity index is 1.17. The van der Waals surface area contributed by atoms with Crippen molar-refractivity contribution in [3.05, 3.63) is 30.3 Å². The number of para-hydroxylation sites is 1. The number of nitrogens with zero attached hydrogens (tertiary/aromatic N) is 3. The number of nitrogens with one attached hydrogen (secondary N) is 1. The minimum absolute atomic E-state index is 0.0462. The van der Waals surface area contributed by atoms with Crippen LogP contribution < -0.4 is 10.1 Å². The number of ether oxygens (including phenoxy) is 1. The zero-order chi connectivity index (χ0) is 22.3. The summed E-state index contributed by atoms with van der Waals surface area (Å²) in [4.78, 5) is 43.5. The third kappa shape index (κ3) is 6.45. The van der Waals surface area contributed by atoms with Crippen LogP contribution in [-0.4, -0.2) is 90.9 Å². The van der Waals surface area contributed by atoms with Gasteiger partial charge in [0.2, 0.25) is 17.7 Å². The first kappa shape index (κ1) is 22.6. The second-order valence-electron chi connectivity index (χ2n) is 9.03. The lowest BCUT2D eigenvalue weighted by Gasteiger charge is -2.38. The smallest absolute Gasteiger partial charge is 0.234 e. The van der Waals surface area contributed by atoms with E-state index in [1.807, 2.05) is 40.1 Å². The molecule has 2 heterocycles. The van der Waals surface area contributed by atoms with Crippen LogP contribution in [0.25, 0.3) is 0 Å². The van der Waals surface area contributed by atoms with Crippen LogP contribution in [0.5, 0.6) is 5.75 Å². The molecule has 2 aliphatic heterocycles. The van der Waals surface area contributed by atoms with E-state index in [-0.39, 0.29) is 23.6 Å². The fraction of sp³-hybridized carbons (Fsp3) is 0.625. The lowest BCUT2D eigenvalue weighted by Crippen LogP contribution is -2.54. The molecule has 1 saturated carbocycles. The zero-order valence-corrected chi connectivity index (χ0v) is 18.7. The van der Waals surface area contributed by atoms with Gasteiger partial charge in [0.05, 0.1) is 25.5 Å². The quantitative estimate of drug-likeness (QED) is 0.652. The molecule has 1 N–H and O–H groups in total. The predicted octanol–water partition coefficient (Wildman–Crippen LogP) is 1.12. The molecule has 0 radical (unpaired) electrons. The highest BCUT2D eigenvalue weighted by Gasteiger charge is 2.33. The van der Waals surface area contributed by atoms with Crippen molar-refractivity contribution in [2.45, 2.75) is 38.1 Å². The van der Waals surface area contributed by atoms with Gasteiger partial charge in [-0.3, -0.25) is 19.3 Å². The van der Waals surface area contributed by atoms with Gasteiger partial charge in [-0.15, -0.1) is 0 Å². The van der Waals surface area contributed by atoms with Gasteiger partial charge in [0.1, 0.15) is 5.75 Å². The lowest BCUT2D eigenvalue weighted by molar-refractivity contribution is -0.142. The predicted molar refractivity (Wildman–Crippen MR) is 120 cm³/mol. The van der Waals surface area contributed by atoms with Crippen LogP contribution in [0.3, 0.4) is 0 Å². The van der Waals surface area contributed by atoms with Crippen LogP contribution in [0.1, 0.15) is 32.1 Å². The van der Waals surface area contributed by atoms with Gasteiger partial charge >= 0.3 is 0 Å². The van der Waals surface area contributed by atoms with Crippen molar-refractivity contribution in [3.8, 4) is 5.75 Å². The number of hydrogen-bond acceptors (Lipinski definition) is 5. The Kier molecular flexibility index (Phi) is 7.63. The van der Waals surface area contributed by atoms with E-state index in [1.165, 1.54) is 0 Å². The van der Waals surface area contributed by atoms with Gasteiger partial charge in [-0.1, -0.05) is 18.2 Å². The first-order valence-corrected chi connectivity index (χ1v) is 11.8. The Labute approximate surface area is 189 Å². The molecule has 4 rings (SSSR count). The molecule has 1 unspecified atom stereocenters. The molecule has 1 aliphatic carbocycles. The average Bonchev–Trinajstić information content (AvgIpc) is 3.63. The fourth-order valence-corrected chi connectivity index (χ4v) is 4.42. The SMILES string of the molecule is O=C(CN1CCN(C(=O)C2CCCN(C(=O)CCOc3ccccc3)C2)CC1)NC1CC1. The normalized spacial score (nSPS) is 21.8. The Morgan fingerprint density at radius 1 is 0.938 bits per heavy atom. The van der Waals surface area contributed by atoms with Crippen LogP contribution >= 0.6 is 0 Å². The van der Waals surface area contributed by atoms with Crippen LogP contribution in [0.15, 0.2) is 30.3 Å². The second-order valence-corrected chi connectivity index (χ2v) is 9.03. The molecule has 0 bridgehead atoms. The first-order chi connectivity index (χ1) is 15.6. The van der Waals surface area contributed by atoms with Crippen LogP contribution in [0.2, 0.25) is 0 Å². The molecular formula is C24H34N4O4. The monoisotopic (exact) mass is 442 g/mol. The summed E-state index contributed by atoms with van der Waals surface area (Å²) >= 11 is 0. The number of hydrogen-bond donors (Lipinski definition) is 1. The number of rotatable bonds is 8. The third-order valence-electron chi connectivity index (χ3n) is 6.44. The van der Waals surface area contributed by atoms with Crippen molar-refractivity contribution in [3.63, 3.8) is 0 Å².